The molecule has 3 saturated heterocycles. The maximum absolute atomic E-state index is 10.9. The van der Waals surface area contributed by atoms with Crippen LogP contribution >= 0.6 is 23.5 Å². The van der Waals surface area contributed by atoms with Crippen molar-refractivity contribution in [2.45, 2.75) is 98.9 Å². The summed E-state index contributed by atoms with van der Waals surface area (Å²) in [5, 5.41) is 9.62. The van der Waals surface area contributed by atoms with Crippen molar-refractivity contribution in [2.24, 2.45) is 22.9 Å². The number of esters is 1. The first-order valence-corrected chi connectivity index (χ1v) is 14.5. The van der Waals surface area contributed by atoms with Crippen LogP contribution in [-0.2, 0) is 14.3 Å². The van der Waals surface area contributed by atoms with Gasteiger partial charge in [-0.1, -0.05) is 19.3 Å². The summed E-state index contributed by atoms with van der Waals surface area (Å²) < 4.78 is 9.52. The second kappa shape index (κ2) is 24.1. The van der Waals surface area contributed by atoms with Crippen LogP contribution in [0.3, 0.4) is 0 Å². The Morgan fingerprint density at radius 3 is 1.74 bits per heavy atom. The first-order valence-electron chi connectivity index (χ1n) is 12.4. The van der Waals surface area contributed by atoms with Crippen molar-refractivity contribution < 1.29 is 39.7 Å². The summed E-state index contributed by atoms with van der Waals surface area (Å²) >= 11 is 3.76. The van der Waals surface area contributed by atoms with Crippen LogP contribution in [0.25, 0.3) is 0 Å². The van der Waals surface area contributed by atoms with Gasteiger partial charge in [0.1, 0.15) is 0 Å². The molecule has 0 aromatic heterocycles. The maximum atomic E-state index is 10.9. The fraction of sp³-hybridized carbons (Fsp3) is 0.957. The van der Waals surface area contributed by atoms with Crippen LogP contribution in [0.2, 0.25) is 0 Å². The Morgan fingerprint density at radius 2 is 1.40 bits per heavy atom. The van der Waals surface area contributed by atoms with Gasteiger partial charge in [-0.15, -0.1) is 0 Å². The molecule has 6 atom stereocenters. The fourth-order valence-electron chi connectivity index (χ4n) is 3.88. The molecule has 0 spiro atoms. The normalized spacial score (nSPS) is 29.1. The predicted molar refractivity (Wildman–Crippen MR) is 152 cm³/mol. The number of carbonyl (C=O) groups excluding carboxylic acids is 1. The number of hydrogen-bond acceptors (Lipinski definition) is 10. The van der Waals surface area contributed by atoms with Gasteiger partial charge in [0.15, 0.2) is 17.4 Å². The Balaban J connectivity index is -0.000000475. The molecular formula is C23H52AlLiN4O4S2. The second-order valence-corrected chi connectivity index (χ2v) is 11.5. The van der Waals surface area contributed by atoms with E-state index in [1.807, 2.05) is 23.5 Å². The Hall–Kier alpha value is 1.06. The fourth-order valence-corrected chi connectivity index (χ4v) is 6.78. The average Bonchev–Trinajstić information content (AvgIpc) is 3.57. The molecule has 8 nitrogen and oxygen atoms in total. The van der Waals surface area contributed by atoms with Crippen LogP contribution in [0, 0.1) is 0 Å². The minimum absolute atomic E-state index is 0. The molecule has 3 heterocycles. The van der Waals surface area contributed by atoms with Crippen molar-refractivity contribution >= 4 is 46.9 Å². The molecule has 0 aromatic carbocycles. The van der Waals surface area contributed by atoms with Gasteiger partial charge >= 0.3 is 24.8 Å². The molecule has 3 fully saturated rings. The zero-order valence-corrected chi connectivity index (χ0v) is 23.0. The van der Waals surface area contributed by atoms with Crippen molar-refractivity contribution in [3.8, 4) is 0 Å². The minimum Gasteiger partial charge on any atom is -1.00 e. The summed E-state index contributed by atoms with van der Waals surface area (Å²) in [7, 11) is 1.42. The van der Waals surface area contributed by atoms with Crippen molar-refractivity contribution in [3.63, 3.8) is 0 Å². The first-order chi connectivity index (χ1) is 15.9. The Bertz CT molecular complexity index is 515. The summed E-state index contributed by atoms with van der Waals surface area (Å²) in [6.45, 7) is 2.31. The SMILES string of the molecule is C1CCOC1.COC(=O)CCCC[C@@H]1SC[C@H](N)[C@@H]1N.N[C@@H]1[C@H](CCCCCO)SC[C@@H]1N.[AlH3].[H-].[Li+]. The third-order valence-electron chi connectivity index (χ3n) is 6.17. The number of aliphatic hydroxyl groups is 1. The van der Waals surface area contributed by atoms with Gasteiger partial charge in [0, 0.05) is 72.4 Å². The molecule has 0 bridgehead atoms. The topological polar surface area (TPSA) is 160 Å². The van der Waals surface area contributed by atoms with Crippen LogP contribution in [0.4, 0.5) is 0 Å². The second-order valence-electron chi connectivity index (χ2n) is 8.94. The number of ether oxygens (including phenoxy) is 2. The van der Waals surface area contributed by atoms with Crippen LogP contribution in [0.1, 0.15) is 65.6 Å². The number of hydrogen-bond donors (Lipinski definition) is 5. The maximum Gasteiger partial charge on any atom is 1.00 e. The summed E-state index contributed by atoms with van der Waals surface area (Å²) in [5.74, 6) is 1.84. The smallest absolute Gasteiger partial charge is 1.00 e. The van der Waals surface area contributed by atoms with Crippen LogP contribution in [0.15, 0.2) is 0 Å². The van der Waals surface area contributed by atoms with E-state index in [-0.39, 0.29) is 67.8 Å². The molecule has 0 unspecified atom stereocenters. The van der Waals surface area contributed by atoms with E-state index < -0.39 is 0 Å². The van der Waals surface area contributed by atoms with Crippen LogP contribution in [-0.4, -0.2) is 102 Å². The molecule has 0 amide bonds. The molecule has 35 heavy (non-hydrogen) atoms. The first kappa shape index (κ1) is 38.2. The predicted octanol–water partition coefficient (Wildman–Crippen LogP) is -2.47. The molecular weight excluding hydrogens is 494 g/mol. The number of carbonyl (C=O) groups is 1. The van der Waals surface area contributed by atoms with Gasteiger partial charge in [-0.05, 0) is 38.5 Å². The number of methoxy groups -OCH3 is 1. The van der Waals surface area contributed by atoms with E-state index in [2.05, 4.69) is 4.74 Å². The Labute approximate surface area is 245 Å². The van der Waals surface area contributed by atoms with Gasteiger partial charge in [-0.3, -0.25) is 4.79 Å². The zero-order chi connectivity index (χ0) is 24.5. The molecule has 3 aliphatic heterocycles. The molecule has 204 valence electrons. The van der Waals surface area contributed by atoms with E-state index >= 15 is 0 Å². The zero-order valence-electron chi connectivity index (χ0n) is 22.4. The van der Waals surface area contributed by atoms with E-state index in [4.69, 9.17) is 32.8 Å². The number of rotatable bonds is 10. The summed E-state index contributed by atoms with van der Waals surface area (Å²) in [5.41, 5.74) is 23.5. The molecule has 0 aromatic rings. The van der Waals surface area contributed by atoms with Crippen molar-refractivity contribution in [2.75, 3.05) is 38.4 Å². The third-order valence-corrected chi connectivity index (χ3v) is 9.29. The molecule has 0 saturated carbocycles. The van der Waals surface area contributed by atoms with Crippen molar-refractivity contribution in [3.05, 3.63) is 0 Å². The Kier molecular flexibility index (Phi) is 26.3. The molecule has 0 aliphatic carbocycles. The van der Waals surface area contributed by atoms with E-state index in [9.17, 15) is 4.79 Å². The molecule has 3 aliphatic rings. The number of aliphatic hydroxyl groups excluding tert-OH is 1. The number of unbranched alkanes of at least 4 members (excludes halogenated alkanes) is 3. The van der Waals surface area contributed by atoms with E-state index in [0.29, 0.717) is 23.5 Å². The molecule has 0 radical (unpaired) electrons. The van der Waals surface area contributed by atoms with Gasteiger partial charge in [0.2, 0.25) is 0 Å². The average molecular weight is 547 g/mol. The summed E-state index contributed by atoms with van der Waals surface area (Å²) in [6.07, 6.45) is 10.4. The van der Waals surface area contributed by atoms with Gasteiger partial charge in [0.25, 0.3) is 0 Å². The van der Waals surface area contributed by atoms with Crippen molar-refractivity contribution in [1.29, 1.82) is 0 Å². The van der Waals surface area contributed by atoms with E-state index in [1.165, 1.54) is 26.4 Å². The summed E-state index contributed by atoms with van der Waals surface area (Å²) in [6, 6.07) is 0.626. The van der Waals surface area contributed by atoms with Crippen LogP contribution < -0.4 is 41.8 Å². The van der Waals surface area contributed by atoms with Gasteiger partial charge in [-0.2, -0.15) is 23.5 Å². The molecule has 3 rings (SSSR count). The van der Waals surface area contributed by atoms with Crippen LogP contribution in [0.5, 0.6) is 0 Å². The largest absolute Gasteiger partial charge is 1.00 e. The third kappa shape index (κ3) is 17.3. The van der Waals surface area contributed by atoms with E-state index in [1.54, 1.807) is 0 Å². The van der Waals surface area contributed by atoms with Gasteiger partial charge in [0.05, 0.1) is 7.11 Å². The van der Waals surface area contributed by atoms with E-state index in [0.717, 1.165) is 63.2 Å². The molecule has 12 heteroatoms. The minimum atomic E-state index is -0.130. The number of nitrogens with two attached hydrogens (primary N) is 4. The molecule has 9 N–H and O–H groups in total. The quantitative estimate of drug-likeness (QED) is 0.113. The number of thioether (sulfide) groups is 2. The van der Waals surface area contributed by atoms with Gasteiger partial charge in [-0.25, -0.2) is 0 Å². The summed E-state index contributed by atoms with van der Waals surface area (Å²) in [4.78, 5) is 10.9. The van der Waals surface area contributed by atoms with Gasteiger partial charge < -0.3 is 38.9 Å². The monoisotopic (exact) mass is 546 g/mol. The standard InChI is InChI=1S/C10H20N2O2S.C9H20N2OS.C4H8O.Al.Li.4H/c1-14-9(13)5-3-2-4-8-10(12)7(11)6-15-8;10-7-6-13-8(9(7)11)4-2-1-3-5-12;1-2-4-5-3-1;;;;;;/h7-8,10H,2-6,11-12H2,1H3;7-9,12H,1-6,10-11H2;1-4H2;;;;;;/q;;;;+1;;;;-1/t7-,8-,10-;7-,8-,9-;;;;;;;/m00......./s1. The van der Waals surface area contributed by atoms with Crippen molar-refractivity contribution in [1.82, 2.24) is 0 Å². The Morgan fingerprint density at radius 1 is 0.914 bits per heavy atom.